The molecule has 20 heavy (non-hydrogen) atoms. The van der Waals surface area contributed by atoms with Crippen LogP contribution in [0.4, 0.5) is 8.78 Å². The Kier molecular flexibility index (Phi) is 5.02. The molecule has 0 amide bonds. The summed E-state index contributed by atoms with van der Waals surface area (Å²) in [6.45, 7) is 0. The van der Waals surface area contributed by atoms with Gasteiger partial charge in [-0.15, -0.1) is 0 Å². The Labute approximate surface area is 134 Å². The van der Waals surface area contributed by atoms with Gasteiger partial charge in [0, 0.05) is 14.5 Å². The van der Waals surface area contributed by atoms with Crippen molar-refractivity contribution in [3.8, 4) is 0 Å². The Balaban J connectivity index is 2.58. The van der Waals surface area contributed by atoms with Gasteiger partial charge >= 0.3 is 0 Å². The molecular formula is C14H10BrCl2F2N. The van der Waals surface area contributed by atoms with Crippen LogP contribution in [0.1, 0.15) is 17.2 Å². The van der Waals surface area contributed by atoms with E-state index in [2.05, 4.69) is 21.2 Å². The molecule has 2 aromatic rings. The molecule has 0 aliphatic carbocycles. The first-order valence-electron chi connectivity index (χ1n) is 5.70. The summed E-state index contributed by atoms with van der Waals surface area (Å²) in [7, 11) is 1.70. The third-order valence-electron chi connectivity index (χ3n) is 2.91. The molecule has 0 bridgehead atoms. The van der Waals surface area contributed by atoms with E-state index >= 15 is 0 Å². The molecule has 0 saturated heterocycles. The van der Waals surface area contributed by atoms with Gasteiger partial charge in [-0.3, -0.25) is 0 Å². The minimum Gasteiger partial charge on any atom is -0.309 e. The van der Waals surface area contributed by atoms with Gasteiger partial charge < -0.3 is 5.32 Å². The molecule has 1 N–H and O–H groups in total. The second kappa shape index (κ2) is 6.39. The maximum absolute atomic E-state index is 13.5. The van der Waals surface area contributed by atoms with E-state index in [-0.39, 0.29) is 5.02 Å². The van der Waals surface area contributed by atoms with Gasteiger partial charge in [-0.05, 0) is 48.5 Å². The van der Waals surface area contributed by atoms with Gasteiger partial charge in [-0.1, -0.05) is 39.1 Å². The van der Waals surface area contributed by atoms with Crippen molar-refractivity contribution in [2.75, 3.05) is 7.05 Å². The standard InChI is InChI=1S/C14H10BrCl2F2N/c1-20-14(8-4-7(16)2-3-10(8)15)9-5-12(18)13(19)6-11(9)17/h2-6,14,20H,1H3. The van der Waals surface area contributed by atoms with E-state index in [0.29, 0.717) is 10.6 Å². The normalized spacial score (nSPS) is 12.5. The van der Waals surface area contributed by atoms with E-state index in [1.165, 1.54) is 0 Å². The zero-order valence-corrected chi connectivity index (χ0v) is 13.5. The zero-order valence-electron chi connectivity index (χ0n) is 10.4. The lowest BCUT2D eigenvalue weighted by Crippen LogP contribution is -2.19. The van der Waals surface area contributed by atoms with Crippen molar-refractivity contribution in [1.82, 2.24) is 5.32 Å². The summed E-state index contributed by atoms with van der Waals surface area (Å²) in [4.78, 5) is 0. The highest BCUT2D eigenvalue weighted by Gasteiger charge is 2.20. The summed E-state index contributed by atoms with van der Waals surface area (Å²) in [5.41, 5.74) is 1.23. The van der Waals surface area contributed by atoms with Crippen molar-refractivity contribution in [3.05, 3.63) is 67.6 Å². The largest absolute Gasteiger partial charge is 0.309 e. The number of hydrogen-bond donors (Lipinski definition) is 1. The van der Waals surface area contributed by atoms with E-state index in [9.17, 15) is 8.78 Å². The van der Waals surface area contributed by atoms with Gasteiger partial charge in [-0.2, -0.15) is 0 Å². The van der Waals surface area contributed by atoms with Gasteiger partial charge in [0.1, 0.15) is 0 Å². The molecule has 0 aliphatic rings. The summed E-state index contributed by atoms with van der Waals surface area (Å²) >= 11 is 15.4. The quantitative estimate of drug-likeness (QED) is 0.708. The van der Waals surface area contributed by atoms with Crippen molar-refractivity contribution in [1.29, 1.82) is 0 Å². The molecule has 0 aromatic heterocycles. The maximum Gasteiger partial charge on any atom is 0.160 e. The molecule has 1 atom stereocenters. The van der Waals surface area contributed by atoms with Gasteiger partial charge in [-0.25, -0.2) is 8.78 Å². The van der Waals surface area contributed by atoms with E-state index in [1.807, 2.05) is 0 Å². The Morgan fingerprint density at radius 1 is 1.05 bits per heavy atom. The van der Waals surface area contributed by atoms with Crippen LogP contribution in [-0.2, 0) is 0 Å². The second-order valence-electron chi connectivity index (χ2n) is 4.18. The monoisotopic (exact) mass is 379 g/mol. The third kappa shape index (κ3) is 3.14. The Hall–Kier alpha value is -0.680. The smallest absolute Gasteiger partial charge is 0.160 e. The molecule has 2 rings (SSSR count). The van der Waals surface area contributed by atoms with Crippen molar-refractivity contribution in [2.24, 2.45) is 0 Å². The third-order valence-corrected chi connectivity index (χ3v) is 4.19. The lowest BCUT2D eigenvalue weighted by Gasteiger charge is -2.20. The molecule has 6 heteroatoms. The highest BCUT2D eigenvalue weighted by atomic mass is 79.9. The molecule has 1 unspecified atom stereocenters. The first-order valence-corrected chi connectivity index (χ1v) is 7.25. The van der Waals surface area contributed by atoms with E-state index in [4.69, 9.17) is 23.2 Å². The van der Waals surface area contributed by atoms with Gasteiger partial charge in [0.05, 0.1) is 6.04 Å². The molecule has 106 valence electrons. The fourth-order valence-electron chi connectivity index (χ4n) is 1.97. The molecule has 0 spiro atoms. The maximum atomic E-state index is 13.5. The summed E-state index contributed by atoms with van der Waals surface area (Å²) in [5, 5.41) is 3.72. The second-order valence-corrected chi connectivity index (χ2v) is 5.87. The molecule has 1 nitrogen and oxygen atoms in total. The average molecular weight is 381 g/mol. The van der Waals surface area contributed by atoms with Crippen molar-refractivity contribution >= 4 is 39.1 Å². The van der Waals surface area contributed by atoms with Crippen LogP contribution >= 0.6 is 39.1 Å². The van der Waals surface area contributed by atoms with Crippen LogP contribution in [0.15, 0.2) is 34.8 Å². The lowest BCUT2D eigenvalue weighted by atomic mass is 9.98. The van der Waals surface area contributed by atoms with Crippen LogP contribution in [0, 0.1) is 11.6 Å². The summed E-state index contributed by atoms with van der Waals surface area (Å²) in [6.07, 6.45) is 0. The molecule has 0 aliphatic heterocycles. The van der Waals surface area contributed by atoms with E-state index < -0.39 is 17.7 Å². The highest BCUT2D eigenvalue weighted by Crippen LogP contribution is 2.34. The topological polar surface area (TPSA) is 12.0 Å². The summed E-state index contributed by atoms with van der Waals surface area (Å²) in [5.74, 6) is -1.92. The van der Waals surface area contributed by atoms with Gasteiger partial charge in [0.15, 0.2) is 11.6 Å². The zero-order chi connectivity index (χ0) is 14.9. The molecule has 0 fully saturated rings. The van der Waals surface area contributed by atoms with Gasteiger partial charge in [0.25, 0.3) is 0 Å². The Bertz CT molecular complexity index is 649. The SMILES string of the molecule is CNC(c1cc(F)c(F)cc1Cl)c1cc(Cl)ccc1Br. The van der Waals surface area contributed by atoms with Crippen LogP contribution in [0.5, 0.6) is 0 Å². The minimum absolute atomic E-state index is 0.148. The number of rotatable bonds is 3. The van der Waals surface area contributed by atoms with Crippen molar-refractivity contribution in [3.63, 3.8) is 0 Å². The fourth-order valence-corrected chi connectivity index (χ4v) is 2.89. The van der Waals surface area contributed by atoms with Crippen LogP contribution in [0.2, 0.25) is 10.0 Å². The number of benzene rings is 2. The van der Waals surface area contributed by atoms with Crippen LogP contribution in [0.3, 0.4) is 0 Å². The predicted molar refractivity (Wildman–Crippen MR) is 81.4 cm³/mol. The molecule has 2 aromatic carbocycles. The summed E-state index contributed by atoms with van der Waals surface area (Å²) in [6, 6.07) is 6.90. The van der Waals surface area contributed by atoms with Crippen molar-refractivity contribution < 1.29 is 8.78 Å². The van der Waals surface area contributed by atoms with Crippen LogP contribution < -0.4 is 5.32 Å². The number of nitrogens with one attached hydrogen (secondary N) is 1. The van der Waals surface area contributed by atoms with Crippen LogP contribution in [0.25, 0.3) is 0 Å². The van der Waals surface area contributed by atoms with Crippen molar-refractivity contribution in [2.45, 2.75) is 6.04 Å². The Morgan fingerprint density at radius 2 is 1.70 bits per heavy atom. The number of halogens is 5. The molecule has 0 heterocycles. The van der Waals surface area contributed by atoms with Crippen LogP contribution in [-0.4, -0.2) is 7.05 Å². The summed E-state index contributed by atoms with van der Waals surface area (Å²) < 4.78 is 27.4. The molecular weight excluding hydrogens is 371 g/mol. The minimum atomic E-state index is -0.973. The molecule has 0 saturated carbocycles. The average Bonchev–Trinajstić information content (AvgIpc) is 2.40. The van der Waals surface area contributed by atoms with Gasteiger partial charge in [0.2, 0.25) is 0 Å². The van der Waals surface area contributed by atoms with E-state index in [1.54, 1.807) is 25.2 Å². The fraction of sp³-hybridized carbons (Fsp3) is 0.143. The highest BCUT2D eigenvalue weighted by molar-refractivity contribution is 9.10. The Morgan fingerprint density at radius 3 is 2.35 bits per heavy atom. The number of hydrogen-bond acceptors (Lipinski definition) is 1. The first kappa shape index (κ1) is 15.7. The first-order chi connectivity index (χ1) is 9.43. The predicted octanol–water partition coefficient (Wildman–Crippen LogP) is 5.34. The lowest BCUT2D eigenvalue weighted by molar-refractivity contribution is 0.505. The van der Waals surface area contributed by atoms with E-state index in [0.717, 1.165) is 22.2 Å². The molecule has 0 radical (unpaired) electrons.